The van der Waals surface area contributed by atoms with E-state index in [1.807, 2.05) is 4.90 Å². The Morgan fingerprint density at radius 1 is 1.08 bits per heavy atom. The van der Waals surface area contributed by atoms with Crippen LogP contribution in [0.4, 0.5) is 15.8 Å². The minimum atomic E-state index is -0.460. The van der Waals surface area contributed by atoms with Crippen molar-refractivity contribution in [2.24, 2.45) is 0 Å². The van der Waals surface area contributed by atoms with Crippen molar-refractivity contribution in [3.8, 4) is 0 Å². The SMILES string of the molecule is O=C(c1ccc(Nc2ccc(F)c(Cl)c2)cn1)N1CCCCCC1. The van der Waals surface area contributed by atoms with Gasteiger partial charge >= 0.3 is 0 Å². The van der Waals surface area contributed by atoms with Gasteiger partial charge in [0.1, 0.15) is 11.5 Å². The van der Waals surface area contributed by atoms with Crippen LogP contribution in [-0.4, -0.2) is 28.9 Å². The molecule has 1 aromatic heterocycles. The second-order valence-electron chi connectivity index (χ2n) is 5.89. The lowest BCUT2D eigenvalue weighted by Crippen LogP contribution is -2.32. The van der Waals surface area contributed by atoms with E-state index in [-0.39, 0.29) is 10.9 Å². The molecule has 6 heteroatoms. The Bertz CT molecular complexity index is 713. The molecule has 4 nitrogen and oxygen atoms in total. The molecule has 0 unspecified atom stereocenters. The second kappa shape index (κ2) is 7.62. The second-order valence-corrected chi connectivity index (χ2v) is 6.30. The number of hydrogen-bond acceptors (Lipinski definition) is 3. The van der Waals surface area contributed by atoms with Gasteiger partial charge < -0.3 is 10.2 Å². The van der Waals surface area contributed by atoms with Gasteiger partial charge in [-0.3, -0.25) is 4.79 Å². The fourth-order valence-electron chi connectivity index (χ4n) is 2.77. The molecule has 0 spiro atoms. The summed E-state index contributed by atoms with van der Waals surface area (Å²) in [6, 6.07) is 7.90. The summed E-state index contributed by atoms with van der Waals surface area (Å²) in [4.78, 5) is 18.6. The van der Waals surface area contributed by atoms with Crippen molar-refractivity contribution in [3.05, 3.63) is 53.1 Å². The van der Waals surface area contributed by atoms with Crippen LogP contribution in [0, 0.1) is 5.82 Å². The molecule has 0 aliphatic carbocycles. The number of aromatic nitrogens is 1. The third-order valence-electron chi connectivity index (χ3n) is 4.08. The molecule has 3 rings (SSSR count). The zero-order valence-electron chi connectivity index (χ0n) is 13.3. The van der Waals surface area contributed by atoms with Crippen LogP contribution in [0.25, 0.3) is 0 Å². The van der Waals surface area contributed by atoms with Gasteiger partial charge in [0.15, 0.2) is 0 Å². The third kappa shape index (κ3) is 4.03. The summed E-state index contributed by atoms with van der Waals surface area (Å²) < 4.78 is 13.2. The Balaban J connectivity index is 1.68. The monoisotopic (exact) mass is 347 g/mol. The summed E-state index contributed by atoms with van der Waals surface area (Å²) in [5.41, 5.74) is 1.82. The number of carbonyl (C=O) groups excluding carboxylic acids is 1. The molecule has 1 fully saturated rings. The molecule has 2 aromatic rings. The van der Waals surface area contributed by atoms with Gasteiger partial charge in [-0.05, 0) is 43.2 Å². The normalized spacial score (nSPS) is 15.0. The first-order valence-corrected chi connectivity index (χ1v) is 8.49. The standard InChI is InChI=1S/C18H19ClFN3O/c19-15-11-13(5-7-16(15)20)22-14-6-8-17(21-12-14)18(24)23-9-3-1-2-4-10-23/h5-8,11-12,22H,1-4,9-10H2. The number of nitrogens with one attached hydrogen (secondary N) is 1. The summed E-state index contributed by atoms with van der Waals surface area (Å²) in [5, 5.41) is 3.15. The first-order chi connectivity index (χ1) is 11.6. The van der Waals surface area contributed by atoms with Crippen LogP contribution in [0.3, 0.4) is 0 Å². The summed E-state index contributed by atoms with van der Waals surface area (Å²) >= 11 is 5.77. The topological polar surface area (TPSA) is 45.2 Å². The van der Waals surface area contributed by atoms with Crippen molar-refractivity contribution in [3.63, 3.8) is 0 Å². The lowest BCUT2D eigenvalue weighted by Gasteiger charge is -2.19. The number of pyridine rings is 1. The molecular weight excluding hydrogens is 329 g/mol. The Hall–Kier alpha value is -2.14. The van der Waals surface area contributed by atoms with Gasteiger partial charge in [0.05, 0.1) is 16.9 Å². The highest BCUT2D eigenvalue weighted by atomic mass is 35.5. The van der Waals surface area contributed by atoms with Gasteiger partial charge in [-0.25, -0.2) is 9.37 Å². The van der Waals surface area contributed by atoms with Crippen molar-refractivity contribution < 1.29 is 9.18 Å². The van der Waals surface area contributed by atoms with Gasteiger partial charge in [-0.2, -0.15) is 0 Å². The number of amides is 1. The van der Waals surface area contributed by atoms with Crippen molar-refractivity contribution in [2.75, 3.05) is 18.4 Å². The van der Waals surface area contributed by atoms with Gasteiger partial charge in [0.25, 0.3) is 5.91 Å². The lowest BCUT2D eigenvalue weighted by molar-refractivity contribution is 0.0756. The molecule has 1 amide bonds. The average Bonchev–Trinajstić information content (AvgIpc) is 2.88. The van der Waals surface area contributed by atoms with Crippen LogP contribution in [0.1, 0.15) is 36.2 Å². The van der Waals surface area contributed by atoms with E-state index in [1.54, 1.807) is 24.4 Å². The first kappa shape index (κ1) is 16.7. The molecule has 126 valence electrons. The molecule has 0 atom stereocenters. The highest BCUT2D eigenvalue weighted by molar-refractivity contribution is 6.31. The molecule has 0 radical (unpaired) electrons. The maximum absolute atomic E-state index is 13.2. The van der Waals surface area contributed by atoms with Crippen molar-refractivity contribution in [1.29, 1.82) is 0 Å². The Labute approximate surface area is 145 Å². The van der Waals surface area contributed by atoms with E-state index in [0.29, 0.717) is 17.1 Å². The smallest absolute Gasteiger partial charge is 0.272 e. The van der Waals surface area contributed by atoms with Gasteiger partial charge in [0.2, 0.25) is 0 Å². The van der Waals surface area contributed by atoms with E-state index in [2.05, 4.69) is 10.3 Å². The first-order valence-electron chi connectivity index (χ1n) is 8.11. The highest BCUT2D eigenvalue weighted by Gasteiger charge is 2.18. The maximum Gasteiger partial charge on any atom is 0.272 e. The molecule has 0 saturated carbocycles. The number of benzene rings is 1. The van der Waals surface area contributed by atoms with E-state index >= 15 is 0 Å². The van der Waals surface area contributed by atoms with E-state index < -0.39 is 5.82 Å². The fourth-order valence-corrected chi connectivity index (χ4v) is 2.95. The van der Waals surface area contributed by atoms with E-state index in [0.717, 1.165) is 25.9 Å². The van der Waals surface area contributed by atoms with Crippen LogP contribution in [0.5, 0.6) is 0 Å². The Morgan fingerprint density at radius 2 is 1.79 bits per heavy atom. The van der Waals surface area contributed by atoms with E-state index in [1.165, 1.54) is 25.0 Å². The Morgan fingerprint density at radius 3 is 2.42 bits per heavy atom. The quantitative estimate of drug-likeness (QED) is 0.880. The lowest BCUT2D eigenvalue weighted by atomic mass is 10.2. The molecule has 1 aliphatic heterocycles. The van der Waals surface area contributed by atoms with Crippen LogP contribution in [-0.2, 0) is 0 Å². The van der Waals surface area contributed by atoms with Crippen LogP contribution in [0.15, 0.2) is 36.5 Å². The molecular formula is C18H19ClFN3O. The zero-order chi connectivity index (χ0) is 16.9. The number of likely N-dealkylation sites (tertiary alicyclic amines) is 1. The molecule has 1 N–H and O–H groups in total. The predicted molar refractivity (Wildman–Crippen MR) is 93.3 cm³/mol. The highest BCUT2D eigenvalue weighted by Crippen LogP contribution is 2.22. The molecule has 2 heterocycles. The summed E-state index contributed by atoms with van der Waals surface area (Å²) in [6.45, 7) is 1.60. The molecule has 1 aromatic carbocycles. The number of hydrogen-bond donors (Lipinski definition) is 1. The van der Waals surface area contributed by atoms with Gasteiger partial charge in [-0.15, -0.1) is 0 Å². The maximum atomic E-state index is 13.2. The Kier molecular flexibility index (Phi) is 5.30. The summed E-state index contributed by atoms with van der Waals surface area (Å²) in [7, 11) is 0. The predicted octanol–water partition coefficient (Wildman–Crippen LogP) is 4.63. The summed E-state index contributed by atoms with van der Waals surface area (Å²) in [6.07, 6.45) is 6.07. The number of nitrogens with zero attached hydrogens (tertiary/aromatic N) is 2. The minimum Gasteiger partial charge on any atom is -0.354 e. The molecule has 24 heavy (non-hydrogen) atoms. The zero-order valence-corrected chi connectivity index (χ0v) is 14.0. The van der Waals surface area contributed by atoms with Crippen molar-refractivity contribution in [2.45, 2.75) is 25.7 Å². The van der Waals surface area contributed by atoms with Gasteiger partial charge in [0, 0.05) is 18.8 Å². The average molecular weight is 348 g/mol. The number of rotatable bonds is 3. The van der Waals surface area contributed by atoms with Crippen molar-refractivity contribution >= 4 is 28.9 Å². The molecule has 0 bridgehead atoms. The van der Waals surface area contributed by atoms with E-state index in [4.69, 9.17) is 11.6 Å². The fraction of sp³-hybridized carbons (Fsp3) is 0.333. The van der Waals surface area contributed by atoms with E-state index in [9.17, 15) is 9.18 Å². The number of halogens is 2. The van der Waals surface area contributed by atoms with Crippen LogP contribution in [0.2, 0.25) is 5.02 Å². The molecule has 1 aliphatic rings. The number of carbonyl (C=O) groups is 1. The minimum absolute atomic E-state index is 0.0201. The number of anilines is 2. The van der Waals surface area contributed by atoms with Gasteiger partial charge in [-0.1, -0.05) is 24.4 Å². The van der Waals surface area contributed by atoms with Crippen LogP contribution >= 0.6 is 11.6 Å². The largest absolute Gasteiger partial charge is 0.354 e. The van der Waals surface area contributed by atoms with Crippen LogP contribution < -0.4 is 5.32 Å². The van der Waals surface area contributed by atoms with Crippen molar-refractivity contribution in [1.82, 2.24) is 9.88 Å². The molecule has 1 saturated heterocycles. The third-order valence-corrected chi connectivity index (χ3v) is 4.37. The summed E-state index contributed by atoms with van der Waals surface area (Å²) in [5.74, 6) is -0.480.